The Morgan fingerprint density at radius 1 is 1.33 bits per heavy atom. The van der Waals surface area contributed by atoms with Gasteiger partial charge in [0.15, 0.2) is 5.15 Å². The Balaban J connectivity index is 2.11. The average molecular weight is 304 g/mol. The molecule has 2 N–H and O–H groups in total. The van der Waals surface area contributed by atoms with Crippen LogP contribution in [0.25, 0.3) is 10.9 Å². The average Bonchev–Trinajstić information content (AvgIpc) is 2.86. The Kier molecular flexibility index (Phi) is 3.39. The zero-order valence-electron chi connectivity index (χ0n) is 11.5. The van der Waals surface area contributed by atoms with E-state index in [-0.39, 0.29) is 16.4 Å². The van der Waals surface area contributed by atoms with E-state index in [1.165, 1.54) is 10.9 Å². The summed E-state index contributed by atoms with van der Waals surface area (Å²) in [7, 11) is 0. The number of para-hydroxylation sites is 1. The second-order valence-electron chi connectivity index (χ2n) is 4.66. The second kappa shape index (κ2) is 5.21. The number of nitrogens with two attached hydrogens (primary N) is 1. The van der Waals surface area contributed by atoms with Gasteiger partial charge in [0.05, 0.1) is 24.1 Å². The summed E-state index contributed by atoms with van der Waals surface area (Å²) in [6, 6.07) is 7.91. The monoisotopic (exact) mass is 303 g/mol. The fraction of sp³-hybridized carbons (Fsp3) is 0.214. The van der Waals surface area contributed by atoms with Crippen molar-refractivity contribution in [3.8, 4) is 0 Å². The van der Waals surface area contributed by atoms with Crippen molar-refractivity contribution < 1.29 is 0 Å². The number of hydrogen-bond acceptors (Lipinski definition) is 4. The van der Waals surface area contributed by atoms with Gasteiger partial charge in [-0.2, -0.15) is 5.10 Å². The smallest absolute Gasteiger partial charge is 0.278 e. The van der Waals surface area contributed by atoms with E-state index in [9.17, 15) is 4.79 Å². The Bertz CT molecular complexity index is 867. The minimum atomic E-state index is -0.356. The lowest BCUT2D eigenvalue weighted by atomic mass is 10.2. The fourth-order valence-electron chi connectivity index (χ4n) is 2.31. The number of aromatic nitrogens is 4. The van der Waals surface area contributed by atoms with Crippen LogP contribution in [0.4, 0.5) is 5.69 Å². The van der Waals surface area contributed by atoms with Gasteiger partial charge in [-0.05, 0) is 13.0 Å². The van der Waals surface area contributed by atoms with Crippen LogP contribution in [-0.2, 0) is 13.1 Å². The zero-order chi connectivity index (χ0) is 15.0. The minimum absolute atomic E-state index is 0.0280. The Morgan fingerprint density at radius 2 is 2.10 bits per heavy atom. The standard InChI is InChI=1S/C14H14ClN5O/c1-2-20-11-6-4-3-5-9(11)10(18-20)7-19-8-17-13(15)12(16)14(19)21/h3-6,8H,2,7,16H2,1H3. The first-order valence-corrected chi connectivity index (χ1v) is 6.94. The number of benzene rings is 1. The summed E-state index contributed by atoms with van der Waals surface area (Å²) in [5.74, 6) is 0. The molecule has 0 aliphatic rings. The van der Waals surface area contributed by atoms with E-state index < -0.39 is 0 Å². The molecule has 6 nitrogen and oxygen atoms in total. The van der Waals surface area contributed by atoms with Crippen molar-refractivity contribution in [1.82, 2.24) is 19.3 Å². The van der Waals surface area contributed by atoms with Crippen LogP contribution in [0.2, 0.25) is 5.15 Å². The van der Waals surface area contributed by atoms with Gasteiger partial charge in [0.1, 0.15) is 5.69 Å². The van der Waals surface area contributed by atoms with E-state index in [1.54, 1.807) is 0 Å². The van der Waals surface area contributed by atoms with Crippen molar-refractivity contribution in [2.24, 2.45) is 0 Å². The van der Waals surface area contributed by atoms with Crippen LogP contribution in [0, 0.1) is 0 Å². The van der Waals surface area contributed by atoms with Crippen LogP contribution in [0.5, 0.6) is 0 Å². The summed E-state index contributed by atoms with van der Waals surface area (Å²) in [6.07, 6.45) is 1.39. The topological polar surface area (TPSA) is 78.7 Å². The zero-order valence-corrected chi connectivity index (χ0v) is 12.2. The fourth-order valence-corrected chi connectivity index (χ4v) is 2.44. The highest BCUT2D eigenvalue weighted by Gasteiger charge is 2.12. The molecule has 3 rings (SSSR count). The molecule has 0 saturated heterocycles. The van der Waals surface area contributed by atoms with E-state index in [4.69, 9.17) is 17.3 Å². The quantitative estimate of drug-likeness (QED) is 0.750. The summed E-state index contributed by atoms with van der Waals surface area (Å²) >= 11 is 5.74. The lowest BCUT2D eigenvalue weighted by Crippen LogP contribution is -2.24. The van der Waals surface area contributed by atoms with Gasteiger partial charge in [0.25, 0.3) is 5.56 Å². The molecular weight excluding hydrogens is 290 g/mol. The molecule has 0 aliphatic heterocycles. The van der Waals surface area contributed by atoms with Crippen molar-refractivity contribution in [3.05, 3.63) is 51.8 Å². The highest BCUT2D eigenvalue weighted by Crippen LogP contribution is 2.19. The Labute approximate surface area is 125 Å². The van der Waals surface area contributed by atoms with Crippen molar-refractivity contribution >= 4 is 28.2 Å². The molecular formula is C14H14ClN5O. The van der Waals surface area contributed by atoms with E-state index in [0.29, 0.717) is 6.54 Å². The number of fused-ring (bicyclic) bond motifs is 1. The van der Waals surface area contributed by atoms with Crippen LogP contribution in [-0.4, -0.2) is 19.3 Å². The summed E-state index contributed by atoms with van der Waals surface area (Å²) in [5.41, 5.74) is 7.07. The molecule has 0 radical (unpaired) electrons. The Hall–Kier alpha value is -2.34. The largest absolute Gasteiger partial charge is 0.392 e. The molecule has 0 fully saturated rings. The minimum Gasteiger partial charge on any atom is -0.392 e. The van der Waals surface area contributed by atoms with Crippen LogP contribution in [0.3, 0.4) is 0 Å². The summed E-state index contributed by atoms with van der Waals surface area (Å²) in [5, 5.41) is 5.59. The maximum absolute atomic E-state index is 12.1. The van der Waals surface area contributed by atoms with Crippen LogP contribution in [0.1, 0.15) is 12.6 Å². The third kappa shape index (κ3) is 2.27. The lowest BCUT2D eigenvalue weighted by Gasteiger charge is -2.05. The van der Waals surface area contributed by atoms with Crippen LogP contribution < -0.4 is 11.3 Å². The van der Waals surface area contributed by atoms with Gasteiger partial charge in [-0.3, -0.25) is 14.0 Å². The summed E-state index contributed by atoms with van der Waals surface area (Å²) in [4.78, 5) is 16.0. The number of rotatable bonds is 3. The van der Waals surface area contributed by atoms with Gasteiger partial charge >= 0.3 is 0 Å². The van der Waals surface area contributed by atoms with Crippen molar-refractivity contribution in [1.29, 1.82) is 0 Å². The predicted octanol–water partition coefficient (Wildman–Crippen LogP) is 1.90. The summed E-state index contributed by atoms with van der Waals surface area (Å²) < 4.78 is 3.32. The SMILES string of the molecule is CCn1nc(Cn2cnc(Cl)c(N)c2=O)c2ccccc21. The van der Waals surface area contributed by atoms with Crippen molar-refractivity contribution in [3.63, 3.8) is 0 Å². The third-order valence-corrected chi connectivity index (χ3v) is 3.68. The number of anilines is 1. The van der Waals surface area contributed by atoms with E-state index in [2.05, 4.69) is 10.1 Å². The van der Waals surface area contributed by atoms with Crippen molar-refractivity contribution in [2.75, 3.05) is 5.73 Å². The third-order valence-electron chi connectivity index (χ3n) is 3.38. The molecule has 0 spiro atoms. The molecule has 1 aromatic carbocycles. The maximum Gasteiger partial charge on any atom is 0.278 e. The number of nitrogen functional groups attached to an aromatic ring is 1. The number of nitrogens with zero attached hydrogens (tertiary/aromatic N) is 4. The van der Waals surface area contributed by atoms with E-state index in [1.807, 2.05) is 35.9 Å². The maximum atomic E-state index is 12.1. The number of hydrogen-bond donors (Lipinski definition) is 1. The number of aryl methyl sites for hydroxylation is 1. The van der Waals surface area contributed by atoms with Gasteiger partial charge < -0.3 is 5.73 Å². The predicted molar refractivity (Wildman–Crippen MR) is 82.4 cm³/mol. The molecule has 0 amide bonds. The van der Waals surface area contributed by atoms with Crippen LogP contribution in [0.15, 0.2) is 35.4 Å². The van der Waals surface area contributed by atoms with Gasteiger partial charge in [0, 0.05) is 11.9 Å². The first kappa shape index (κ1) is 13.6. The van der Waals surface area contributed by atoms with E-state index in [0.717, 1.165) is 23.1 Å². The molecule has 0 atom stereocenters. The first-order chi connectivity index (χ1) is 10.1. The van der Waals surface area contributed by atoms with Crippen LogP contribution >= 0.6 is 11.6 Å². The molecule has 2 aromatic heterocycles. The molecule has 0 saturated carbocycles. The molecule has 21 heavy (non-hydrogen) atoms. The highest BCUT2D eigenvalue weighted by molar-refractivity contribution is 6.31. The van der Waals surface area contributed by atoms with Gasteiger partial charge in [-0.15, -0.1) is 0 Å². The van der Waals surface area contributed by atoms with Gasteiger partial charge in [-0.25, -0.2) is 4.98 Å². The van der Waals surface area contributed by atoms with Gasteiger partial charge in [-0.1, -0.05) is 29.8 Å². The molecule has 108 valence electrons. The normalized spacial score (nSPS) is 11.1. The highest BCUT2D eigenvalue weighted by atomic mass is 35.5. The lowest BCUT2D eigenvalue weighted by molar-refractivity contribution is 0.644. The van der Waals surface area contributed by atoms with Gasteiger partial charge in [0.2, 0.25) is 0 Å². The molecule has 0 unspecified atom stereocenters. The van der Waals surface area contributed by atoms with Crippen molar-refractivity contribution in [2.45, 2.75) is 20.0 Å². The Morgan fingerprint density at radius 3 is 2.86 bits per heavy atom. The molecule has 7 heteroatoms. The molecule has 3 aromatic rings. The summed E-state index contributed by atoms with van der Waals surface area (Å²) in [6.45, 7) is 3.09. The second-order valence-corrected chi connectivity index (χ2v) is 5.02. The first-order valence-electron chi connectivity index (χ1n) is 6.56. The van der Waals surface area contributed by atoms with E-state index >= 15 is 0 Å². The molecule has 2 heterocycles. The number of halogens is 1. The molecule has 0 bridgehead atoms. The molecule has 0 aliphatic carbocycles.